The number of nitrogens with one attached hydrogen (secondary N) is 1. The number of benzene rings is 1. The highest BCUT2D eigenvalue weighted by Crippen LogP contribution is 2.65. The fourth-order valence-corrected chi connectivity index (χ4v) is 5.04. The predicted octanol–water partition coefficient (Wildman–Crippen LogP) is 3.64. The van der Waals surface area contributed by atoms with E-state index in [0.29, 0.717) is 6.04 Å². The van der Waals surface area contributed by atoms with Crippen molar-refractivity contribution in [3.63, 3.8) is 0 Å². The summed E-state index contributed by atoms with van der Waals surface area (Å²) in [4.78, 5) is 0. The zero-order chi connectivity index (χ0) is 12.8. The third-order valence-corrected chi connectivity index (χ3v) is 5.98. The maximum Gasteiger partial charge on any atom is 0.0138 e. The van der Waals surface area contributed by atoms with Gasteiger partial charge in [-0.3, -0.25) is 0 Å². The van der Waals surface area contributed by atoms with E-state index in [1.54, 1.807) is 6.42 Å². The molecule has 0 aliphatic heterocycles. The van der Waals surface area contributed by atoms with E-state index in [9.17, 15) is 0 Å². The van der Waals surface area contributed by atoms with E-state index in [4.69, 9.17) is 0 Å². The molecule has 5 unspecified atom stereocenters. The lowest BCUT2D eigenvalue weighted by molar-refractivity contribution is 0.407. The Hall–Kier alpha value is -0.820. The van der Waals surface area contributed by atoms with Crippen molar-refractivity contribution >= 4 is 0 Å². The van der Waals surface area contributed by atoms with Crippen molar-refractivity contribution in [2.24, 2.45) is 23.7 Å². The van der Waals surface area contributed by atoms with Crippen LogP contribution >= 0.6 is 0 Å². The summed E-state index contributed by atoms with van der Waals surface area (Å²) in [6, 6.07) is 12.5. The van der Waals surface area contributed by atoms with Gasteiger partial charge in [-0.25, -0.2) is 0 Å². The summed E-state index contributed by atoms with van der Waals surface area (Å²) < 4.78 is 0. The molecule has 1 N–H and O–H groups in total. The van der Waals surface area contributed by atoms with E-state index in [-0.39, 0.29) is 0 Å². The number of hydrogen-bond donors (Lipinski definition) is 1. The molecule has 1 aromatic carbocycles. The normalized spacial score (nSPS) is 40.2. The van der Waals surface area contributed by atoms with Crippen LogP contribution in [0.5, 0.6) is 0 Å². The summed E-state index contributed by atoms with van der Waals surface area (Å²) in [6.07, 6.45) is 7.06. The smallest absolute Gasteiger partial charge is 0.0138 e. The van der Waals surface area contributed by atoms with Crippen LogP contribution in [0.2, 0.25) is 0 Å². The second kappa shape index (κ2) is 4.63. The Morgan fingerprint density at radius 1 is 1.11 bits per heavy atom. The lowest BCUT2D eigenvalue weighted by Crippen LogP contribution is -2.35. The van der Waals surface area contributed by atoms with Gasteiger partial charge in [-0.1, -0.05) is 37.3 Å². The molecule has 1 nitrogen and oxygen atoms in total. The molecule has 102 valence electrons. The summed E-state index contributed by atoms with van der Waals surface area (Å²) >= 11 is 0. The molecule has 0 aromatic heterocycles. The maximum atomic E-state index is 3.99. The summed E-state index contributed by atoms with van der Waals surface area (Å²) in [5, 5.41) is 3.99. The van der Waals surface area contributed by atoms with Crippen molar-refractivity contribution < 1.29 is 0 Å². The zero-order valence-electron chi connectivity index (χ0n) is 11.9. The van der Waals surface area contributed by atoms with E-state index >= 15 is 0 Å². The summed E-state index contributed by atoms with van der Waals surface area (Å²) in [5.74, 6) is 4.29. The van der Waals surface area contributed by atoms with Gasteiger partial charge in [-0.15, -0.1) is 0 Å². The van der Waals surface area contributed by atoms with Crippen LogP contribution in [0.4, 0.5) is 0 Å². The Labute approximate surface area is 116 Å². The SMILES string of the molecule is CCC(Cc1ccccc1)NC1C2C3CCC(C3)C12. The molecule has 0 saturated heterocycles. The Balaban J connectivity index is 1.37. The second-order valence-corrected chi connectivity index (χ2v) is 6.98. The lowest BCUT2D eigenvalue weighted by Gasteiger charge is -2.19. The number of hydrogen-bond acceptors (Lipinski definition) is 1. The van der Waals surface area contributed by atoms with Gasteiger partial charge in [0.05, 0.1) is 0 Å². The van der Waals surface area contributed by atoms with E-state index in [2.05, 4.69) is 42.6 Å². The first kappa shape index (κ1) is 12.0. The Morgan fingerprint density at radius 2 is 1.79 bits per heavy atom. The molecule has 5 atom stereocenters. The molecule has 1 heteroatoms. The van der Waals surface area contributed by atoms with Gasteiger partial charge in [0, 0.05) is 12.1 Å². The first-order chi connectivity index (χ1) is 9.36. The second-order valence-electron chi connectivity index (χ2n) is 6.98. The fraction of sp³-hybridized carbons (Fsp3) is 0.667. The Morgan fingerprint density at radius 3 is 2.42 bits per heavy atom. The molecule has 2 bridgehead atoms. The van der Waals surface area contributed by atoms with Crippen LogP contribution in [0.3, 0.4) is 0 Å². The molecule has 0 amide bonds. The molecular weight excluding hydrogens is 230 g/mol. The molecule has 3 aliphatic rings. The third kappa shape index (κ3) is 2.03. The first-order valence-corrected chi connectivity index (χ1v) is 8.16. The third-order valence-electron chi connectivity index (χ3n) is 5.98. The Bertz CT molecular complexity index is 424. The van der Waals surface area contributed by atoms with Crippen LogP contribution in [-0.4, -0.2) is 12.1 Å². The fourth-order valence-electron chi connectivity index (χ4n) is 5.04. The van der Waals surface area contributed by atoms with Gasteiger partial charge < -0.3 is 5.32 Å². The predicted molar refractivity (Wildman–Crippen MR) is 79.0 cm³/mol. The molecule has 4 rings (SSSR count). The highest BCUT2D eigenvalue weighted by atomic mass is 15.0. The molecule has 1 aromatic rings. The number of rotatable bonds is 5. The minimum atomic E-state index is 0.678. The van der Waals surface area contributed by atoms with Crippen LogP contribution in [0.15, 0.2) is 30.3 Å². The quantitative estimate of drug-likeness (QED) is 0.847. The minimum absolute atomic E-state index is 0.678. The molecule has 3 aliphatic carbocycles. The van der Waals surface area contributed by atoms with Gasteiger partial charge in [-0.2, -0.15) is 0 Å². The summed E-state index contributed by atoms with van der Waals surface area (Å²) in [6.45, 7) is 2.33. The summed E-state index contributed by atoms with van der Waals surface area (Å²) in [5.41, 5.74) is 1.48. The average molecular weight is 255 g/mol. The Kier molecular flexibility index (Phi) is 2.91. The maximum absolute atomic E-state index is 3.99. The molecular formula is C18H25N. The highest BCUT2D eigenvalue weighted by Gasteiger charge is 2.64. The van der Waals surface area contributed by atoms with Crippen LogP contribution in [0.1, 0.15) is 38.2 Å². The van der Waals surface area contributed by atoms with Gasteiger partial charge in [0.15, 0.2) is 0 Å². The first-order valence-electron chi connectivity index (χ1n) is 8.16. The zero-order valence-corrected chi connectivity index (χ0v) is 11.9. The van der Waals surface area contributed by atoms with Crippen molar-refractivity contribution in [1.29, 1.82) is 0 Å². The van der Waals surface area contributed by atoms with Crippen molar-refractivity contribution in [3.8, 4) is 0 Å². The molecule has 3 fully saturated rings. The molecule has 0 spiro atoms. The largest absolute Gasteiger partial charge is 0.310 e. The molecule has 0 radical (unpaired) electrons. The van der Waals surface area contributed by atoms with Gasteiger partial charge >= 0.3 is 0 Å². The molecule has 0 heterocycles. The lowest BCUT2D eigenvalue weighted by atomic mass is 10.0. The van der Waals surface area contributed by atoms with E-state index in [1.165, 1.54) is 31.2 Å². The average Bonchev–Trinajstić information content (AvgIpc) is 2.84. The van der Waals surface area contributed by atoms with E-state index in [1.807, 2.05) is 0 Å². The van der Waals surface area contributed by atoms with Gasteiger partial charge in [0.2, 0.25) is 0 Å². The van der Waals surface area contributed by atoms with Crippen molar-refractivity contribution in [2.45, 2.75) is 51.1 Å². The van der Waals surface area contributed by atoms with Crippen LogP contribution in [0, 0.1) is 23.7 Å². The summed E-state index contributed by atoms with van der Waals surface area (Å²) in [7, 11) is 0. The minimum Gasteiger partial charge on any atom is -0.310 e. The van der Waals surface area contributed by atoms with Crippen LogP contribution < -0.4 is 5.32 Å². The monoisotopic (exact) mass is 255 g/mol. The topological polar surface area (TPSA) is 12.0 Å². The van der Waals surface area contributed by atoms with Crippen molar-refractivity contribution in [3.05, 3.63) is 35.9 Å². The standard InChI is InChI=1S/C18H25N/c1-2-15(10-12-6-4-3-5-7-12)19-18-16-13-8-9-14(11-13)17(16)18/h3-7,13-19H,2,8-11H2,1H3. The van der Waals surface area contributed by atoms with E-state index < -0.39 is 0 Å². The van der Waals surface area contributed by atoms with Crippen molar-refractivity contribution in [1.82, 2.24) is 5.32 Å². The van der Waals surface area contributed by atoms with Crippen LogP contribution in [0.25, 0.3) is 0 Å². The van der Waals surface area contributed by atoms with Crippen molar-refractivity contribution in [2.75, 3.05) is 0 Å². The van der Waals surface area contributed by atoms with Gasteiger partial charge in [0.1, 0.15) is 0 Å². The highest BCUT2D eigenvalue weighted by molar-refractivity contribution is 5.19. The van der Waals surface area contributed by atoms with Gasteiger partial charge in [-0.05, 0) is 61.3 Å². The van der Waals surface area contributed by atoms with Gasteiger partial charge in [0.25, 0.3) is 0 Å². The van der Waals surface area contributed by atoms with Crippen LogP contribution in [-0.2, 0) is 6.42 Å². The molecule has 19 heavy (non-hydrogen) atoms. The molecule has 3 saturated carbocycles. The van der Waals surface area contributed by atoms with E-state index in [0.717, 1.165) is 29.7 Å². The number of fused-ring (bicyclic) bond motifs is 5.